The van der Waals surface area contributed by atoms with Crippen LogP contribution < -0.4 is 0 Å². The molecule has 3 aromatic rings. The lowest BCUT2D eigenvalue weighted by Gasteiger charge is -2.38. The Balaban J connectivity index is 1.26. The third-order valence-corrected chi connectivity index (χ3v) is 6.49. The molecule has 0 radical (unpaired) electrons. The third kappa shape index (κ3) is 7.67. The van der Waals surface area contributed by atoms with Crippen molar-refractivity contribution in [2.45, 2.75) is 25.0 Å². The second-order valence-electron chi connectivity index (χ2n) is 9.63. The standard InChI is InChI=1S/C29H34F2N2O2/c1-29(34,21-23-5-3-2-4-6-23)22-33-17-15-32(16-18-33)19-20-35-28(24-7-11-26(30)12-8-24)25-9-13-27(31)14-10-25/h2-14,28,34H,15-22H2,1H3. The van der Waals surface area contributed by atoms with Gasteiger partial charge >= 0.3 is 0 Å². The number of aliphatic hydroxyl groups is 1. The van der Waals surface area contributed by atoms with Crippen LogP contribution in [0.2, 0.25) is 0 Å². The van der Waals surface area contributed by atoms with Crippen LogP contribution in [0.15, 0.2) is 78.9 Å². The highest BCUT2D eigenvalue weighted by molar-refractivity contribution is 5.30. The van der Waals surface area contributed by atoms with Crippen molar-refractivity contribution in [1.29, 1.82) is 0 Å². The summed E-state index contributed by atoms with van der Waals surface area (Å²) in [6.45, 7) is 7.42. The summed E-state index contributed by atoms with van der Waals surface area (Å²) in [6, 6.07) is 22.6. The van der Waals surface area contributed by atoms with Crippen LogP contribution in [-0.4, -0.2) is 66.4 Å². The van der Waals surface area contributed by atoms with Crippen LogP contribution in [0.25, 0.3) is 0 Å². The van der Waals surface area contributed by atoms with E-state index in [1.165, 1.54) is 24.3 Å². The van der Waals surface area contributed by atoms with E-state index in [1.807, 2.05) is 25.1 Å². The van der Waals surface area contributed by atoms with E-state index in [9.17, 15) is 13.9 Å². The summed E-state index contributed by atoms with van der Waals surface area (Å²) in [4.78, 5) is 4.68. The van der Waals surface area contributed by atoms with Crippen LogP contribution in [0.3, 0.4) is 0 Å². The molecule has 0 bridgehead atoms. The Labute approximate surface area is 206 Å². The molecule has 0 aliphatic carbocycles. The van der Waals surface area contributed by atoms with Gasteiger partial charge in [-0.3, -0.25) is 9.80 Å². The lowest BCUT2D eigenvalue weighted by molar-refractivity contribution is -0.00220. The molecule has 4 nitrogen and oxygen atoms in total. The first-order chi connectivity index (χ1) is 16.9. The van der Waals surface area contributed by atoms with E-state index in [0.717, 1.165) is 49.4 Å². The van der Waals surface area contributed by atoms with Crippen molar-refractivity contribution < 1.29 is 18.6 Å². The van der Waals surface area contributed by atoms with Crippen molar-refractivity contribution in [3.63, 3.8) is 0 Å². The molecule has 1 aliphatic rings. The number of rotatable bonds is 10. The van der Waals surface area contributed by atoms with Crippen LogP contribution in [-0.2, 0) is 11.2 Å². The van der Waals surface area contributed by atoms with Crippen molar-refractivity contribution >= 4 is 0 Å². The Morgan fingerprint density at radius 1 is 0.800 bits per heavy atom. The number of halogens is 2. The highest BCUT2D eigenvalue weighted by atomic mass is 19.1. The fourth-order valence-corrected chi connectivity index (χ4v) is 4.70. The molecule has 1 heterocycles. The molecule has 0 aromatic heterocycles. The zero-order chi connectivity index (χ0) is 24.7. The van der Waals surface area contributed by atoms with Crippen molar-refractivity contribution in [2.24, 2.45) is 0 Å². The van der Waals surface area contributed by atoms with Crippen LogP contribution in [0.1, 0.15) is 29.7 Å². The van der Waals surface area contributed by atoms with Crippen LogP contribution >= 0.6 is 0 Å². The number of nitrogens with zero attached hydrogens (tertiary/aromatic N) is 2. The van der Waals surface area contributed by atoms with Gasteiger partial charge in [-0.15, -0.1) is 0 Å². The molecule has 1 N–H and O–H groups in total. The predicted molar refractivity (Wildman–Crippen MR) is 134 cm³/mol. The van der Waals surface area contributed by atoms with Crippen molar-refractivity contribution in [2.75, 3.05) is 45.9 Å². The van der Waals surface area contributed by atoms with Crippen molar-refractivity contribution in [3.05, 3.63) is 107 Å². The van der Waals surface area contributed by atoms with Gasteiger partial charge in [-0.1, -0.05) is 54.6 Å². The third-order valence-electron chi connectivity index (χ3n) is 6.49. The second-order valence-corrected chi connectivity index (χ2v) is 9.63. The van der Waals surface area contributed by atoms with Gasteiger partial charge in [-0.05, 0) is 47.9 Å². The summed E-state index contributed by atoms with van der Waals surface area (Å²) >= 11 is 0. The molecular weight excluding hydrogens is 446 g/mol. The summed E-state index contributed by atoms with van der Waals surface area (Å²) < 4.78 is 33.1. The average Bonchev–Trinajstić information content (AvgIpc) is 2.84. The second kappa shape index (κ2) is 11.9. The van der Waals surface area contributed by atoms with Gasteiger partial charge < -0.3 is 9.84 Å². The first kappa shape index (κ1) is 25.5. The lowest BCUT2D eigenvalue weighted by atomic mass is 9.95. The first-order valence-electron chi connectivity index (χ1n) is 12.2. The van der Waals surface area contributed by atoms with Gasteiger partial charge in [0.2, 0.25) is 0 Å². The van der Waals surface area contributed by atoms with Gasteiger partial charge in [0.05, 0.1) is 12.2 Å². The zero-order valence-corrected chi connectivity index (χ0v) is 20.2. The topological polar surface area (TPSA) is 35.9 Å². The summed E-state index contributed by atoms with van der Waals surface area (Å²) in [5, 5.41) is 10.9. The molecule has 1 aliphatic heterocycles. The van der Waals surface area contributed by atoms with E-state index >= 15 is 0 Å². The molecule has 3 aromatic carbocycles. The fourth-order valence-electron chi connectivity index (χ4n) is 4.70. The molecule has 0 amide bonds. The molecule has 1 saturated heterocycles. The molecule has 1 atom stereocenters. The molecule has 1 unspecified atom stereocenters. The summed E-state index contributed by atoms with van der Waals surface area (Å²) in [7, 11) is 0. The number of benzene rings is 3. The number of ether oxygens (including phenoxy) is 1. The molecule has 1 fully saturated rings. The number of hydrogen-bond donors (Lipinski definition) is 1. The van der Waals surface area contributed by atoms with Gasteiger partial charge in [0.15, 0.2) is 0 Å². The summed E-state index contributed by atoms with van der Waals surface area (Å²) in [5.41, 5.74) is 2.04. The van der Waals surface area contributed by atoms with Crippen LogP contribution in [0.4, 0.5) is 8.78 Å². The molecular formula is C29H34F2N2O2. The molecule has 0 spiro atoms. The van der Waals surface area contributed by atoms with Gasteiger partial charge in [0, 0.05) is 45.7 Å². The Bertz CT molecular complexity index is 989. The van der Waals surface area contributed by atoms with E-state index in [2.05, 4.69) is 21.9 Å². The monoisotopic (exact) mass is 480 g/mol. The van der Waals surface area contributed by atoms with Gasteiger partial charge in [0.25, 0.3) is 0 Å². The average molecular weight is 481 g/mol. The molecule has 0 saturated carbocycles. The van der Waals surface area contributed by atoms with E-state index < -0.39 is 5.60 Å². The maximum absolute atomic E-state index is 13.4. The van der Waals surface area contributed by atoms with Crippen molar-refractivity contribution in [3.8, 4) is 0 Å². The van der Waals surface area contributed by atoms with Gasteiger partial charge in [-0.2, -0.15) is 0 Å². The normalized spacial score (nSPS) is 16.9. The molecule has 6 heteroatoms. The maximum atomic E-state index is 13.4. The Kier molecular flexibility index (Phi) is 8.63. The van der Waals surface area contributed by atoms with Crippen molar-refractivity contribution in [1.82, 2.24) is 9.80 Å². The molecule has 186 valence electrons. The SMILES string of the molecule is CC(O)(Cc1ccccc1)CN1CCN(CCOC(c2ccc(F)cc2)c2ccc(F)cc2)CC1. The van der Waals surface area contributed by atoms with E-state index in [4.69, 9.17) is 4.74 Å². The van der Waals surface area contributed by atoms with Crippen LogP contribution in [0, 0.1) is 11.6 Å². The molecule has 35 heavy (non-hydrogen) atoms. The minimum Gasteiger partial charge on any atom is -0.388 e. The Morgan fingerprint density at radius 3 is 1.86 bits per heavy atom. The number of β-amino-alcohol motifs (C(OH)–C–C–N with tert-alkyl or cyclic N) is 1. The fraction of sp³-hybridized carbons (Fsp3) is 0.379. The van der Waals surface area contributed by atoms with Crippen LogP contribution in [0.5, 0.6) is 0 Å². The largest absolute Gasteiger partial charge is 0.388 e. The van der Waals surface area contributed by atoms with Gasteiger partial charge in [-0.25, -0.2) is 8.78 Å². The Morgan fingerprint density at radius 2 is 1.31 bits per heavy atom. The highest BCUT2D eigenvalue weighted by Gasteiger charge is 2.27. The number of hydrogen-bond acceptors (Lipinski definition) is 4. The smallest absolute Gasteiger partial charge is 0.123 e. The van der Waals surface area contributed by atoms with E-state index in [0.29, 0.717) is 19.6 Å². The minimum absolute atomic E-state index is 0.299. The highest BCUT2D eigenvalue weighted by Crippen LogP contribution is 2.26. The zero-order valence-electron chi connectivity index (χ0n) is 20.2. The van der Waals surface area contributed by atoms with E-state index in [-0.39, 0.29) is 17.7 Å². The number of piperazine rings is 1. The minimum atomic E-state index is -0.774. The molecule has 4 rings (SSSR count). The predicted octanol–water partition coefficient (Wildman–Crippen LogP) is 4.68. The maximum Gasteiger partial charge on any atom is 0.123 e. The van der Waals surface area contributed by atoms with Gasteiger partial charge in [0.1, 0.15) is 17.7 Å². The lowest BCUT2D eigenvalue weighted by Crippen LogP contribution is -2.52. The summed E-state index contributed by atoms with van der Waals surface area (Å²) in [5.74, 6) is -0.598. The quantitative estimate of drug-likeness (QED) is 0.457. The Hall–Kier alpha value is -2.64. The van der Waals surface area contributed by atoms with E-state index in [1.54, 1.807) is 24.3 Å². The summed E-state index contributed by atoms with van der Waals surface area (Å²) in [6.07, 6.45) is 0.251. The first-order valence-corrected chi connectivity index (χ1v) is 12.2.